The van der Waals surface area contributed by atoms with Crippen LogP contribution >= 0.6 is 0 Å². The van der Waals surface area contributed by atoms with Gasteiger partial charge >= 0.3 is 6.09 Å². The van der Waals surface area contributed by atoms with Crippen LogP contribution in [0, 0.1) is 6.92 Å². The number of carbonyl (C=O) groups excluding carboxylic acids is 3. The van der Waals surface area contributed by atoms with Crippen LogP contribution in [-0.2, 0) is 20.7 Å². The van der Waals surface area contributed by atoms with Crippen molar-refractivity contribution in [3.05, 3.63) is 83.4 Å². The maximum Gasteiger partial charge on any atom is 0.408 e. The number of hydrogen-bond donors (Lipinski definition) is 4. The number of anilines is 1. The van der Waals surface area contributed by atoms with Crippen LogP contribution in [0.5, 0.6) is 17.2 Å². The maximum atomic E-state index is 14.6. The molecule has 3 aromatic rings. The van der Waals surface area contributed by atoms with Crippen molar-refractivity contribution < 1.29 is 34.1 Å². The largest absolute Gasteiger partial charge is 0.508 e. The van der Waals surface area contributed by atoms with Crippen LogP contribution in [0.2, 0.25) is 0 Å². The minimum Gasteiger partial charge on any atom is -0.508 e. The molecule has 2 unspecified atom stereocenters. The van der Waals surface area contributed by atoms with Crippen LogP contribution in [0.15, 0.2) is 66.7 Å². The number of benzene rings is 3. The number of phenols is 2. The molecule has 0 aromatic heterocycles. The van der Waals surface area contributed by atoms with Gasteiger partial charge in [-0.25, -0.2) is 4.79 Å². The molecule has 0 aliphatic rings. The summed E-state index contributed by atoms with van der Waals surface area (Å²) in [5, 5.41) is 25.7. The molecule has 0 bridgehead atoms. The molecule has 0 radical (unpaired) electrons. The highest BCUT2D eigenvalue weighted by atomic mass is 16.6. The van der Waals surface area contributed by atoms with Crippen LogP contribution in [0.4, 0.5) is 10.5 Å². The number of alkyl carbamates (subject to hydrolysis) is 1. The van der Waals surface area contributed by atoms with Crippen molar-refractivity contribution >= 4 is 23.6 Å². The topological polar surface area (TPSA) is 137 Å². The number of aromatic hydroxyl groups is 2. The van der Waals surface area contributed by atoms with Crippen molar-refractivity contribution in [3.8, 4) is 17.2 Å². The highest BCUT2D eigenvalue weighted by Crippen LogP contribution is 2.33. The zero-order valence-corrected chi connectivity index (χ0v) is 26.6. The first kappa shape index (κ1) is 33.8. The van der Waals surface area contributed by atoms with E-state index in [9.17, 15) is 24.6 Å². The Kier molecular flexibility index (Phi) is 10.5. The minimum absolute atomic E-state index is 0.0495. The number of nitrogens with one attached hydrogen (secondary N) is 2. The Morgan fingerprint density at radius 2 is 1.50 bits per heavy atom. The molecule has 44 heavy (non-hydrogen) atoms. The van der Waals surface area contributed by atoms with Gasteiger partial charge in [-0.2, -0.15) is 0 Å². The van der Waals surface area contributed by atoms with Gasteiger partial charge in [0.1, 0.15) is 34.9 Å². The van der Waals surface area contributed by atoms with Crippen molar-refractivity contribution in [2.75, 3.05) is 12.4 Å². The molecule has 0 spiro atoms. The number of ether oxygens (including phenoxy) is 2. The molecule has 0 fully saturated rings. The molecule has 0 heterocycles. The molecule has 0 saturated carbocycles. The summed E-state index contributed by atoms with van der Waals surface area (Å²) in [6.45, 7) is 12.3. The Hall–Kier alpha value is -4.73. The number of nitrogens with zero attached hydrogens (tertiary/aromatic N) is 1. The molecule has 3 aromatic carbocycles. The van der Waals surface area contributed by atoms with Gasteiger partial charge in [0.15, 0.2) is 0 Å². The lowest BCUT2D eigenvalue weighted by Crippen LogP contribution is -2.58. The lowest BCUT2D eigenvalue weighted by atomic mass is 9.93. The van der Waals surface area contributed by atoms with E-state index in [1.165, 1.54) is 23.1 Å². The van der Waals surface area contributed by atoms with E-state index < -0.39 is 41.1 Å². The van der Waals surface area contributed by atoms with E-state index in [4.69, 9.17) is 9.47 Å². The molecule has 3 amide bonds. The number of phenolic OH excluding ortho intramolecular Hbond substituents is 2. The summed E-state index contributed by atoms with van der Waals surface area (Å²) in [6.07, 6.45) is -0.727. The summed E-state index contributed by atoms with van der Waals surface area (Å²) in [5.74, 6) is -0.300. The second kappa shape index (κ2) is 13.7. The summed E-state index contributed by atoms with van der Waals surface area (Å²) < 4.78 is 10.7. The van der Waals surface area contributed by atoms with E-state index >= 15 is 0 Å². The van der Waals surface area contributed by atoms with Crippen LogP contribution in [0.3, 0.4) is 0 Å². The normalized spacial score (nSPS) is 12.9. The molecule has 4 N–H and O–H groups in total. The van der Waals surface area contributed by atoms with E-state index in [2.05, 4.69) is 10.6 Å². The summed E-state index contributed by atoms with van der Waals surface area (Å²) in [4.78, 5) is 43.2. The van der Waals surface area contributed by atoms with E-state index in [1.807, 2.05) is 0 Å². The number of rotatable bonds is 9. The van der Waals surface area contributed by atoms with Gasteiger partial charge in [0.25, 0.3) is 5.91 Å². The van der Waals surface area contributed by atoms with Crippen molar-refractivity contribution in [1.29, 1.82) is 0 Å². The van der Waals surface area contributed by atoms with Gasteiger partial charge < -0.3 is 35.2 Å². The standard InChI is InChI=1S/C34H43N3O7/c1-21-19-23(11-18-28(21)39)29(30(40)35-24-12-16-26(43-8)17-13-24)37(33(2,3)4)31(41)27(36-32(42)44-34(5,6)7)20-22-9-14-25(38)15-10-22/h9-19,27,29,38-39H,20H2,1-8H3,(H,35,40)(H,36,42). The zero-order valence-electron chi connectivity index (χ0n) is 26.6. The molecule has 236 valence electrons. The summed E-state index contributed by atoms with van der Waals surface area (Å²) in [6, 6.07) is 15.6. The monoisotopic (exact) mass is 605 g/mol. The van der Waals surface area contributed by atoms with Gasteiger partial charge in [0.2, 0.25) is 5.91 Å². The Labute approximate surface area is 259 Å². The summed E-state index contributed by atoms with van der Waals surface area (Å²) in [7, 11) is 1.55. The average molecular weight is 606 g/mol. The van der Waals surface area contributed by atoms with E-state index in [0.717, 1.165) is 0 Å². The quantitative estimate of drug-likeness (QED) is 0.240. The van der Waals surface area contributed by atoms with Gasteiger partial charge in [0.05, 0.1) is 7.11 Å². The van der Waals surface area contributed by atoms with Crippen LogP contribution < -0.4 is 15.4 Å². The number of hydrogen-bond acceptors (Lipinski definition) is 7. The Morgan fingerprint density at radius 3 is 2.02 bits per heavy atom. The Bertz CT molecular complexity index is 1460. The third kappa shape index (κ3) is 9.13. The van der Waals surface area contributed by atoms with Crippen LogP contribution in [0.25, 0.3) is 0 Å². The fraction of sp³-hybridized carbons (Fsp3) is 0.382. The second-order valence-electron chi connectivity index (χ2n) is 12.6. The third-order valence-electron chi connectivity index (χ3n) is 6.73. The van der Waals surface area contributed by atoms with Crippen molar-refractivity contribution in [3.63, 3.8) is 0 Å². The zero-order chi connectivity index (χ0) is 32.8. The van der Waals surface area contributed by atoms with Gasteiger partial charge in [-0.3, -0.25) is 9.59 Å². The van der Waals surface area contributed by atoms with Gasteiger partial charge in [0, 0.05) is 17.6 Å². The molecule has 0 aliphatic heterocycles. The molecular weight excluding hydrogens is 562 g/mol. The summed E-state index contributed by atoms with van der Waals surface area (Å²) >= 11 is 0. The molecule has 0 saturated heterocycles. The minimum atomic E-state index is -1.16. The molecule has 3 rings (SSSR count). The van der Waals surface area contributed by atoms with Crippen molar-refractivity contribution in [2.24, 2.45) is 0 Å². The molecule has 0 aliphatic carbocycles. The highest BCUT2D eigenvalue weighted by molar-refractivity contribution is 5.99. The summed E-state index contributed by atoms with van der Waals surface area (Å²) in [5.41, 5.74) is 0.419. The van der Waals surface area contributed by atoms with E-state index in [1.54, 1.807) is 104 Å². The molecule has 10 heteroatoms. The first-order valence-corrected chi connectivity index (χ1v) is 14.3. The van der Waals surface area contributed by atoms with Crippen LogP contribution in [-0.4, -0.2) is 57.3 Å². The van der Waals surface area contributed by atoms with Crippen LogP contribution in [0.1, 0.15) is 64.3 Å². The lowest BCUT2D eigenvalue weighted by Gasteiger charge is -2.43. The average Bonchev–Trinajstić information content (AvgIpc) is 2.92. The smallest absolute Gasteiger partial charge is 0.408 e. The van der Waals surface area contributed by atoms with Crippen molar-refractivity contribution in [1.82, 2.24) is 10.2 Å². The Balaban J connectivity index is 2.12. The second-order valence-corrected chi connectivity index (χ2v) is 12.6. The fourth-order valence-corrected chi connectivity index (χ4v) is 4.68. The Morgan fingerprint density at radius 1 is 0.886 bits per heavy atom. The number of aryl methyl sites for hydroxylation is 1. The predicted octanol–water partition coefficient (Wildman–Crippen LogP) is 5.86. The van der Waals surface area contributed by atoms with Gasteiger partial charge in [-0.15, -0.1) is 0 Å². The molecule has 10 nitrogen and oxygen atoms in total. The molecular formula is C34H43N3O7. The fourth-order valence-electron chi connectivity index (χ4n) is 4.68. The van der Waals surface area contributed by atoms with E-state index in [-0.39, 0.29) is 17.9 Å². The number of methoxy groups -OCH3 is 1. The predicted molar refractivity (Wildman–Crippen MR) is 169 cm³/mol. The van der Waals surface area contributed by atoms with Gasteiger partial charge in [-0.05, 0) is 114 Å². The van der Waals surface area contributed by atoms with Crippen molar-refractivity contribution in [2.45, 2.75) is 78.1 Å². The first-order valence-electron chi connectivity index (χ1n) is 14.3. The number of amides is 3. The lowest BCUT2D eigenvalue weighted by molar-refractivity contribution is -0.146. The highest BCUT2D eigenvalue weighted by Gasteiger charge is 2.42. The van der Waals surface area contributed by atoms with E-state index in [0.29, 0.717) is 28.1 Å². The maximum absolute atomic E-state index is 14.6. The third-order valence-corrected chi connectivity index (χ3v) is 6.73. The van der Waals surface area contributed by atoms with Gasteiger partial charge in [-0.1, -0.05) is 18.2 Å². The molecule has 2 atom stereocenters. The SMILES string of the molecule is COc1ccc(NC(=O)C(c2ccc(O)c(C)c2)N(C(=O)C(Cc2ccc(O)cc2)NC(=O)OC(C)(C)C)C(C)(C)C)cc1. The number of carbonyl (C=O) groups is 3. The first-order chi connectivity index (χ1) is 20.5.